The molecule has 0 aliphatic carbocycles. The normalized spacial score (nSPS) is 12.2. The van der Waals surface area contributed by atoms with E-state index in [2.05, 4.69) is 5.32 Å². The standard InChI is InChI=1S/C23H28Cl3N3O4S/c1-4-12-27-23(31)20(5-2)28(14-16-6-8-17(24)9-7-16)22(30)15-29(34(3,32)33)21-11-10-18(25)13-19(21)26/h6-11,13,20H,4-5,12,14-15H2,1-3H3,(H,27,31). The van der Waals surface area contributed by atoms with Crippen molar-refractivity contribution in [2.24, 2.45) is 0 Å². The van der Waals surface area contributed by atoms with Gasteiger partial charge >= 0.3 is 0 Å². The highest BCUT2D eigenvalue weighted by Crippen LogP contribution is 2.30. The van der Waals surface area contributed by atoms with Crippen LogP contribution in [0.1, 0.15) is 32.3 Å². The van der Waals surface area contributed by atoms with Crippen LogP contribution in [0.25, 0.3) is 0 Å². The Bertz CT molecular complexity index is 1110. The first-order chi connectivity index (χ1) is 16.0. The van der Waals surface area contributed by atoms with Crippen molar-refractivity contribution in [3.63, 3.8) is 0 Å². The van der Waals surface area contributed by atoms with E-state index in [-0.39, 0.29) is 23.2 Å². The molecule has 34 heavy (non-hydrogen) atoms. The van der Waals surface area contributed by atoms with E-state index in [1.807, 2.05) is 6.92 Å². The summed E-state index contributed by atoms with van der Waals surface area (Å²) >= 11 is 18.2. The molecule has 0 spiro atoms. The molecular formula is C23H28Cl3N3O4S. The van der Waals surface area contributed by atoms with Crippen molar-refractivity contribution in [1.29, 1.82) is 0 Å². The van der Waals surface area contributed by atoms with Crippen molar-refractivity contribution in [1.82, 2.24) is 10.2 Å². The molecule has 0 aliphatic heterocycles. The highest BCUT2D eigenvalue weighted by atomic mass is 35.5. The van der Waals surface area contributed by atoms with Crippen LogP contribution in [0, 0.1) is 0 Å². The molecule has 1 atom stereocenters. The maximum atomic E-state index is 13.5. The Kier molecular flexibility index (Phi) is 10.5. The maximum absolute atomic E-state index is 13.5. The zero-order chi connectivity index (χ0) is 25.5. The fourth-order valence-corrected chi connectivity index (χ4v) is 4.90. The molecule has 0 fully saturated rings. The van der Waals surface area contributed by atoms with E-state index in [4.69, 9.17) is 34.8 Å². The van der Waals surface area contributed by atoms with Crippen LogP contribution < -0.4 is 9.62 Å². The zero-order valence-electron chi connectivity index (χ0n) is 19.2. The van der Waals surface area contributed by atoms with Gasteiger partial charge in [-0.25, -0.2) is 8.42 Å². The van der Waals surface area contributed by atoms with Gasteiger partial charge < -0.3 is 10.2 Å². The molecule has 0 saturated carbocycles. The van der Waals surface area contributed by atoms with Crippen molar-refractivity contribution < 1.29 is 18.0 Å². The zero-order valence-corrected chi connectivity index (χ0v) is 22.3. The Labute approximate surface area is 216 Å². The number of halogens is 3. The van der Waals surface area contributed by atoms with Crippen molar-refractivity contribution >= 4 is 62.3 Å². The van der Waals surface area contributed by atoms with E-state index in [0.29, 0.717) is 23.0 Å². The van der Waals surface area contributed by atoms with Gasteiger partial charge in [-0.15, -0.1) is 0 Å². The highest BCUT2D eigenvalue weighted by Gasteiger charge is 2.32. The largest absolute Gasteiger partial charge is 0.354 e. The number of nitrogens with one attached hydrogen (secondary N) is 1. The average molecular weight is 549 g/mol. The molecule has 2 rings (SSSR count). The first-order valence-electron chi connectivity index (χ1n) is 10.7. The Morgan fingerprint density at radius 1 is 1.00 bits per heavy atom. The predicted octanol–water partition coefficient (Wildman–Crippen LogP) is 4.75. The number of benzene rings is 2. The Morgan fingerprint density at radius 2 is 1.62 bits per heavy atom. The highest BCUT2D eigenvalue weighted by molar-refractivity contribution is 7.92. The number of amides is 2. The number of carbonyl (C=O) groups is 2. The van der Waals surface area contributed by atoms with Gasteiger partial charge in [-0.3, -0.25) is 13.9 Å². The van der Waals surface area contributed by atoms with Gasteiger partial charge in [0, 0.05) is 23.1 Å². The average Bonchev–Trinajstić information content (AvgIpc) is 2.76. The third-order valence-corrected chi connectivity index (χ3v) is 6.98. The second kappa shape index (κ2) is 12.6. The summed E-state index contributed by atoms with van der Waals surface area (Å²) in [7, 11) is -3.89. The van der Waals surface area contributed by atoms with Gasteiger partial charge in [0.25, 0.3) is 0 Å². The molecule has 1 N–H and O–H groups in total. The van der Waals surface area contributed by atoms with Crippen LogP contribution in [0.4, 0.5) is 5.69 Å². The van der Waals surface area contributed by atoms with Crippen molar-refractivity contribution in [2.45, 2.75) is 39.3 Å². The molecule has 186 valence electrons. The molecule has 0 radical (unpaired) electrons. The van der Waals surface area contributed by atoms with E-state index in [1.165, 1.54) is 23.1 Å². The van der Waals surface area contributed by atoms with Crippen molar-refractivity contribution in [2.75, 3.05) is 23.7 Å². The topological polar surface area (TPSA) is 86.8 Å². The molecule has 0 aliphatic rings. The van der Waals surface area contributed by atoms with Gasteiger partial charge in [0.15, 0.2) is 0 Å². The van der Waals surface area contributed by atoms with Crippen LogP contribution in [-0.4, -0.2) is 50.5 Å². The van der Waals surface area contributed by atoms with E-state index in [0.717, 1.165) is 22.5 Å². The maximum Gasteiger partial charge on any atom is 0.244 e. The Hall–Kier alpha value is -2.00. The second-order valence-electron chi connectivity index (χ2n) is 7.73. The lowest BCUT2D eigenvalue weighted by Gasteiger charge is -2.33. The number of hydrogen-bond acceptors (Lipinski definition) is 4. The molecule has 11 heteroatoms. The number of nitrogens with zero attached hydrogens (tertiary/aromatic N) is 2. The molecule has 7 nitrogen and oxygen atoms in total. The van der Waals surface area contributed by atoms with Gasteiger partial charge in [0.05, 0.1) is 17.0 Å². The van der Waals surface area contributed by atoms with Gasteiger partial charge in [0.1, 0.15) is 12.6 Å². The molecule has 2 amide bonds. The summed E-state index contributed by atoms with van der Waals surface area (Å²) in [5.41, 5.74) is 0.867. The first kappa shape index (κ1) is 28.2. The van der Waals surface area contributed by atoms with Crippen molar-refractivity contribution in [3.05, 3.63) is 63.1 Å². The lowest BCUT2D eigenvalue weighted by atomic mass is 10.1. The van der Waals surface area contributed by atoms with E-state index >= 15 is 0 Å². The lowest BCUT2D eigenvalue weighted by Crippen LogP contribution is -2.52. The molecule has 2 aromatic carbocycles. The van der Waals surface area contributed by atoms with Crippen molar-refractivity contribution in [3.8, 4) is 0 Å². The Balaban J connectivity index is 2.44. The lowest BCUT2D eigenvalue weighted by molar-refractivity contribution is -0.140. The van der Waals surface area contributed by atoms with Crippen LogP contribution in [0.5, 0.6) is 0 Å². The van der Waals surface area contributed by atoms with E-state index in [9.17, 15) is 18.0 Å². The summed E-state index contributed by atoms with van der Waals surface area (Å²) in [5, 5.41) is 3.78. The molecule has 2 aromatic rings. The van der Waals surface area contributed by atoms with Gasteiger partial charge in [-0.1, -0.05) is 60.8 Å². The molecule has 0 aromatic heterocycles. The fraction of sp³-hybridized carbons (Fsp3) is 0.391. The molecular weight excluding hydrogens is 521 g/mol. The van der Waals surface area contributed by atoms with Crippen LogP contribution >= 0.6 is 34.8 Å². The predicted molar refractivity (Wildman–Crippen MR) is 138 cm³/mol. The first-order valence-corrected chi connectivity index (χ1v) is 13.7. The van der Waals surface area contributed by atoms with Crippen LogP contribution in [0.2, 0.25) is 15.1 Å². The summed E-state index contributed by atoms with van der Waals surface area (Å²) < 4.78 is 26.1. The number of hydrogen-bond donors (Lipinski definition) is 1. The van der Waals surface area contributed by atoms with Gasteiger partial charge in [-0.05, 0) is 48.7 Å². The molecule has 0 heterocycles. The number of anilines is 1. The van der Waals surface area contributed by atoms with E-state index in [1.54, 1.807) is 31.2 Å². The summed E-state index contributed by atoms with van der Waals surface area (Å²) in [5.74, 6) is -0.855. The van der Waals surface area contributed by atoms with Crippen LogP contribution in [0.15, 0.2) is 42.5 Å². The van der Waals surface area contributed by atoms with Gasteiger partial charge in [0.2, 0.25) is 21.8 Å². The summed E-state index contributed by atoms with van der Waals surface area (Å²) in [4.78, 5) is 27.8. The third kappa shape index (κ3) is 7.77. The van der Waals surface area contributed by atoms with E-state index < -0.39 is 28.5 Å². The number of carbonyl (C=O) groups excluding carboxylic acids is 2. The summed E-state index contributed by atoms with van der Waals surface area (Å²) in [6, 6.07) is 10.4. The number of sulfonamides is 1. The minimum atomic E-state index is -3.89. The minimum Gasteiger partial charge on any atom is -0.354 e. The number of rotatable bonds is 11. The quantitative estimate of drug-likeness (QED) is 0.439. The third-order valence-electron chi connectivity index (χ3n) is 5.06. The second-order valence-corrected chi connectivity index (χ2v) is 10.9. The summed E-state index contributed by atoms with van der Waals surface area (Å²) in [6.07, 6.45) is 2.07. The molecule has 1 unspecified atom stereocenters. The molecule has 0 bridgehead atoms. The molecule has 0 saturated heterocycles. The fourth-order valence-electron chi connectivity index (χ4n) is 3.35. The van der Waals surface area contributed by atoms with Crippen LogP contribution in [-0.2, 0) is 26.2 Å². The minimum absolute atomic E-state index is 0.0858. The van der Waals surface area contributed by atoms with Crippen LogP contribution in [0.3, 0.4) is 0 Å². The smallest absolute Gasteiger partial charge is 0.244 e. The monoisotopic (exact) mass is 547 g/mol. The Morgan fingerprint density at radius 3 is 2.15 bits per heavy atom. The van der Waals surface area contributed by atoms with Gasteiger partial charge in [-0.2, -0.15) is 0 Å². The SMILES string of the molecule is CCCNC(=O)C(CC)N(Cc1ccc(Cl)cc1)C(=O)CN(c1ccc(Cl)cc1Cl)S(C)(=O)=O. The summed E-state index contributed by atoms with van der Waals surface area (Å²) in [6.45, 7) is 3.75.